The SMILES string of the molecule is CC(C)COc1cccc(NC(=O)CC2CNC2)c1. The van der Waals surface area contributed by atoms with Gasteiger partial charge in [-0.2, -0.15) is 0 Å². The van der Waals surface area contributed by atoms with Gasteiger partial charge in [0, 0.05) is 18.2 Å². The molecule has 1 fully saturated rings. The third-order valence-electron chi connectivity index (χ3n) is 3.04. The van der Waals surface area contributed by atoms with Crippen LogP contribution in [-0.4, -0.2) is 25.6 Å². The smallest absolute Gasteiger partial charge is 0.224 e. The second kappa shape index (κ2) is 6.57. The molecule has 0 radical (unpaired) electrons. The third kappa shape index (κ3) is 4.56. The normalized spacial score (nSPS) is 15.1. The van der Waals surface area contributed by atoms with Crippen LogP contribution in [0.25, 0.3) is 0 Å². The lowest BCUT2D eigenvalue weighted by molar-refractivity contribution is -0.117. The Labute approximate surface area is 114 Å². The summed E-state index contributed by atoms with van der Waals surface area (Å²) in [5.41, 5.74) is 0.804. The number of hydrogen-bond donors (Lipinski definition) is 2. The standard InChI is InChI=1S/C15H22N2O2/c1-11(2)10-19-14-5-3-4-13(7-14)17-15(18)6-12-8-16-9-12/h3-5,7,11-12,16H,6,8-10H2,1-2H3,(H,17,18). The summed E-state index contributed by atoms with van der Waals surface area (Å²) in [4.78, 5) is 11.8. The summed E-state index contributed by atoms with van der Waals surface area (Å²) < 4.78 is 5.64. The molecular formula is C15H22N2O2. The minimum absolute atomic E-state index is 0.0764. The van der Waals surface area contributed by atoms with Crippen LogP contribution in [0.15, 0.2) is 24.3 Å². The lowest BCUT2D eigenvalue weighted by Crippen LogP contribution is -2.43. The van der Waals surface area contributed by atoms with Gasteiger partial charge in [-0.3, -0.25) is 4.79 Å². The molecule has 4 heteroatoms. The molecule has 19 heavy (non-hydrogen) atoms. The maximum Gasteiger partial charge on any atom is 0.224 e. The average Bonchev–Trinajstić information content (AvgIpc) is 2.32. The molecule has 1 heterocycles. The molecule has 0 spiro atoms. The van der Waals surface area contributed by atoms with Gasteiger partial charge in [0.05, 0.1) is 6.61 Å². The van der Waals surface area contributed by atoms with Gasteiger partial charge in [0.15, 0.2) is 0 Å². The molecular weight excluding hydrogens is 240 g/mol. The van der Waals surface area contributed by atoms with Crippen LogP contribution in [0.5, 0.6) is 5.75 Å². The number of benzene rings is 1. The summed E-state index contributed by atoms with van der Waals surface area (Å²) in [6.45, 7) is 6.80. The number of nitrogens with one attached hydrogen (secondary N) is 2. The lowest BCUT2D eigenvalue weighted by atomic mass is 9.99. The highest BCUT2D eigenvalue weighted by molar-refractivity contribution is 5.91. The van der Waals surface area contributed by atoms with Crippen molar-refractivity contribution in [2.24, 2.45) is 11.8 Å². The summed E-state index contributed by atoms with van der Waals surface area (Å²) in [5.74, 6) is 1.86. The van der Waals surface area contributed by atoms with Crippen LogP contribution >= 0.6 is 0 Å². The number of hydrogen-bond acceptors (Lipinski definition) is 3. The molecule has 0 bridgehead atoms. The minimum Gasteiger partial charge on any atom is -0.493 e. The van der Waals surface area contributed by atoms with Gasteiger partial charge in [0.2, 0.25) is 5.91 Å². The summed E-state index contributed by atoms with van der Waals surface area (Å²) in [5, 5.41) is 6.09. The minimum atomic E-state index is 0.0764. The fourth-order valence-corrected chi connectivity index (χ4v) is 1.89. The van der Waals surface area contributed by atoms with Gasteiger partial charge in [0.25, 0.3) is 0 Å². The fourth-order valence-electron chi connectivity index (χ4n) is 1.89. The Balaban J connectivity index is 1.85. The first-order valence-corrected chi connectivity index (χ1v) is 6.87. The van der Waals surface area contributed by atoms with E-state index in [1.54, 1.807) is 0 Å². The second-order valence-corrected chi connectivity index (χ2v) is 5.51. The van der Waals surface area contributed by atoms with Crippen LogP contribution in [0.2, 0.25) is 0 Å². The molecule has 1 aromatic rings. The molecule has 0 aliphatic carbocycles. The van der Waals surface area contributed by atoms with E-state index >= 15 is 0 Å². The highest BCUT2D eigenvalue weighted by atomic mass is 16.5. The van der Waals surface area contributed by atoms with Crippen molar-refractivity contribution in [2.75, 3.05) is 25.0 Å². The molecule has 1 amide bonds. The van der Waals surface area contributed by atoms with Crippen molar-refractivity contribution in [3.05, 3.63) is 24.3 Å². The van der Waals surface area contributed by atoms with Crippen molar-refractivity contribution < 1.29 is 9.53 Å². The van der Waals surface area contributed by atoms with Gasteiger partial charge >= 0.3 is 0 Å². The number of amides is 1. The summed E-state index contributed by atoms with van der Waals surface area (Å²) in [6, 6.07) is 7.57. The molecule has 1 aliphatic heterocycles. The molecule has 4 nitrogen and oxygen atoms in total. The number of rotatable bonds is 6. The molecule has 1 aliphatic rings. The Kier molecular flexibility index (Phi) is 4.80. The van der Waals surface area contributed by atoms with Gasteiger partial charge in [-0.25, -0.2) is 0 Å². The Morgan fingerprint density at radius 1 is 1.47 bits per heavy atom. The molecule has 2 N–H and O–H groups in total. The zero-order valence-electron chi connectivity index (χ0n) is 11.6. The highest BCUT2D eigenvalue weighted by Crippen LogP contribution is 2.19. The highest BCUT2D eigenvalue weighted by Gasteiger charge is 2.20. The van der Waals surface area contributed by atoms with Crippen molar-refractivity contribution in [3.8, 4) is 5.75 Å². The Hall–Kier alpha value is -1.55. The predicted molar refractivity (Wildman–Crippen MR) is 76.4 cm³/mol. The van der Waals surface area contributed by atoms with Crippen molar-refractivity contribution in [3.63, 3.8) is 0 Å². The van der Waals surface area contributed by atoms with Crippen LogP contribution in [0.1, 0.15) is 20.3 Å². The molecule has 0 aromatic heterocycles. The van der Waals surface area contributed by atoms with E-state index in [0.717, 1.165) is 24.5 Å². The quantitative estimate of drug-likeness (QED) is 0.827. The van der Waals surface area contributed by atoms with Crippen LogP contribution < -0.4 is 15.4 Å². The Morgan fingerprint density at radius 3 is 2.89 bits per heavy atom. The van der Waals surface area contributed by atoms with Gasteiger partial charge in [0.1, 0.15) is 5.75 Å². The topological polar surface area (TPSA) is 50.4 Å². The largest absolute Gasteiger partial charge is 0.493 e. The lowest BCUT2D eigenvalue weighted by Gasteiger charge is -2.26. The molecule has 104 valence electrons. The van der Waals surface area contributed by atoms with Crippen molar-refractivity contribution in [2.45, 2.75) is 20.3 Å². The average molecular weight is 262 g/mol. The van der Waals surface area contributed by atoms with E-state index in [4.69, 9.17) is 4.74 Å². The Bertz CT molecular complexity index is 428. The first-order chi connectivity index (χ1) is 9.13. The maximum absolute atomic E-state index is 11.8. The van der Waals surface area contributed by atoms with Crippen LogP contribution in [0.4, 0.5) is 5.69 Å². The van der Waals surface area contributed by atoms with Crippen LogP contribution in [-0.2, 0) is 4.79 Å². The molecule has 0 saturated carbocycles. The zero-order chi connectivity index (χ0) is 13.7. The number of carbonyl (C=O) groups is 1. The molecule has 2 rings (SSSR count). The van der Waals surface area contributed by atoms with E-state index in [-0.39, 0.29) is 5.91 Å². The van der Waals surface area contributed by atoms with Crippen molar-refractivity contribution in [1.82, 2.24) is 5.32 Å². The monoisotopic (exact) mass is 262 g/mol. The molecule has 0 unspecified atom stereocenters. The number of ether oxygens (including phenoxy) is 1. The van der Waals surface area contributed by atoms with E-state index in [1.165, 1.54) is 0 Å². The first-order valence-electron chi connectivity index (χ1n) is 6.87. The predicted octanol–water partition coefficient (Wildman–Crippen LogP) is 2.27. The van der Waals surface area contributed by atoms with Gasteiger partial charge in [-0.05, 0) is 37.1 Å². The van der Waals surface area contributed by atoms with Crippen molar-refractivity contribution >= 4 is 11.6 Å². The molecule has 1 saturated heterocycles. The summed E-state index contributed by atoms with van der Waals surface area (Å²) in [6.07, 6.45) is 0.587. The zero-order valence-corrected chi connectivity index (χ0v) is 11.6. The van der Waals surface area contributed by atoms with E-state index in [0.29, 0.717) is 24.9 Å². The maximum atomic E-state index is 11.8. The second-order valence-electron chi connectivity index (χ2n) is 5.51. The number of carbonyl (C=O) groups excluding carboxylic acids is 1. The summed E-state index contributed by atoms with van der Waals surface area (Å²) >= 11 is 0. The van der Waals surface area contributed by atoms with E-state index in [9.17, 15) is 4.79 Å². The summed E-state index contributed by atoms with van der Waals surface area (Å²) in [7, 11) is 0. The van der Waals surface area contributed by atoms with E-state index in [1.807, 2.05) is 24.3 Å². The fraction of sp³-hybridized carbons (Fsp3) is 0.533. The molecule has 1 aromatic carbocycles. The van der Waals surface area contributed by atoms with Crippen LogP contribution in [0, 0.1) is 11.8 Å². The van der Waals surface area contributed by atoms with Crippen LogP contribution in [0.3, 0.4) is 0 Å². The first kappa shape index (κ1) is 13.9. The van der Waals surface area contributed by atoms with E-state index in [2.05, 4.69) is 24.5 Å². The van der Waals surface area contributed by atoms with Gasteiger partial charge < -0.3 is 15.4 Å². The Morgan fingerprint density at radius 2 is 2.26 bits per heavy atom. The van der Waals surface area contributed by atoms with E-state index < -0.39 is 0 Å². The van der Waals surface area contributed by atoms with Crippen molar-refractivity contribution in [1.29, 1.82) is 0 Å². The number of anilines is 1. The van der Waals surface area contributed by atoms with Gasteiger partial charge in [-0.15, -0.1) is 0 Å². The third-order valence-corrected chi connectivity index (χ3v) is 3.04. The van der Waals surface area contributed by atoms with Gasteiger partial charge in [-0.1, -0.05) is 19.9 Å². The molecule has 0 atom stereocenters.